The van der Waals surface area contributed by atoms with Crippen LogP contribution < -0.4 is 0 Å². The van der Waals surface area contributed by atoms with E-state index in [1.165, 1.54) is 0 Å². The van der Waals surface area contributed by atoms with Gasteiger partial charge in [-0.25, -0.2) is 8.42 Å². The summed E-state index contributed by atoms with van der Waals surface area (Å²) >= 11 is 5.68. The summed E-state index contributed by atoms with van der Waals surface area (Å²) in [5.41, 5.74) is 0. The van der Waals surface area contributed by atoms with Crippen LogP contribution in [0.2, 0.25) is 0 Å². The van der Waals surface area contributed by atoms with Crippen LogP contribution in [0.4, 0.5) is 0 Å². The minimum Gasteiger partial charge on any atom is -0.302 e. The molecule has 0 saturated carbocycles. The summed E-state index contributed by atoms with van der Waals surface area (Å²) in [4.78, 5) is 2.19. The van der Waals surface area contributed by atoms with Gasteiger partial charge in [-0.1, -0.05) is 6.92 Å². The van der Waals surface area contributed by atoms with E-state index in [1.54, 1.807) is 0 Å². The molecular weight excluding hydrogens is 246 g/mol. The van der Waals surface area contributed by atoms with Gasteiger partial charge in [-0.3, -0.25) is 0 Å². The molecule has 0 aromatic heterocycles. The van der Waals surface area contributed by atoms with E-state index >= 15 is 0 Å². The van der Waals surface area contributed by atoms with Crippen molar-refractivity contribution >= 4 is 21.4 Å². The summed E-state index contributed by atoms with van der Waals surface area (Å²) in [7, 11) is -0.725. The second kappa shape index (κ2) is 6.22. The molecule has 0 aromatic rings. The fourth-order valence-corrected chi connectivity index (χ4v) is 4.24. The molecular formula is C11H22ClNO2S. The first-order valence-electron chi connectivity index (χ1n) is 5.91. The van der Waals surface area contributed by atoms with Gasteiger partial charge in [0.15, 0.2) is 9.84 Å². The predicted octanol–water partition coefficient (Wildman–Crippen LogP) is 1.76. The van der Waals surface area contributed by atoms with Crippen LogP contribution in [0.5, 0.6) is 0 Å². The third-order valence-corrected chi connectivity index (χ3v) is 5.38. The van der Waals surface area contributed by atoms with Crippen molar-refractivity contribution in [3.63, 3.8) is 0 Å². The maximum absolute atomic E-state index is 11.3. The van der Waals surface area contributed by atoms with E-state index in [4.69, 9.17) is 11.6 Å². The Kier molecular flexibility index (Phi) is 5.54. The van der Waals surface area contributed by atoms with E-state index in [-0.39, 0.29) is 6.04 Å². The lowest BCUT2D eigenvalue weighted by Crippen LogP contribution is -2.34. The monoisotopic (exact) mass is 267 g/mol. The molecule has 0 aliphatic carbocycles. The summed E-state index contributed by atoms with van der Waals surface area (Å²) in [5, 5.41) is 0. The Balaban J connectivity index is 2.28. The molecule has 0 radical (unpaired) electrons. The zero-order chi connectivity index (χ0) is 12.2. The molecule has 0 bridgehead atoms. The van der Waals surface area contributed by atoms with Crippen LogP contribution in [0.15, 0.2) is 0 Å². The highest BCUT2D eigenvalue weighted by molar-refractivity contribution is 7.91. The third-order valence-electron chi connectivity index (χ3n) is 3.41. The molecule has 0 spiro atoms. The Morgan fingerprint density at radius 3 is 2.62 bits per heavy atom. The predicted molar refractivity (Wildman–Crippen MR) is 68.8 cm³/mol. The van der Waals surface area contributed by atoms with Gasteiger partial charge in [-0.15, -0.1) is 11.6 Å². The van der Waals surface area contributed by atoms with Crippen LogP contribution in [0.25, 0.3) is 0 Å². The zero-order valence-electron chi connectivity index (χ0n) is 10.2. The van der Waals surface area contributed by atoms with Gasteiger partial charge in [-0.2, -0.15) is 0 Å². The number of rotatable bonds is 6. The number of hydrogen-bond acceptors (Lipinski definition) is 3. The first kappa shape index (κ1) is 14.3. The van der Waals surface area contributed by atoms with Crippen molar-refractivity contribution in [2.24, 2.45) is 5.92 Å². The molecule has 1 saturated heterocycles. The third kappa shape index (κ3) is 4.60. The molecule has 16 heavy (non-hydrogen) atoms. The Hall–Kier alpha value is 0.200. The Labute approximate surface area is 104 Å². The van der Waals surface area contributed by atoms with Gasteiger partial charge in [0.1, 0.15) is 0 Å². The standard InChI is InChI=1S/C11H22ClNO2S/c1-10(3-6-12)4-7-13(2)11-5-8-16(14,15)9-11/h10-11H,3-9H2,1-2H3. The molecule has 0 N–H and O–H groups in total. The minimum absolute atomic E-state index is 0.230. The van der Waals surface area contributed by atoms with Crippen molar-refractivity contribution in [1.29, 1.82) is 0 Å². The van der Waals surface area contributed by atoms with Crippen molar-refractivity contribution in [3.8, 4) is 0 Å². The number of nitrogens with zero attached hydrogens (tertiary/aromatic N) is 1. The van der Waals surface area contributed by atoms with E-state index in [9.17, 15) is 8.42 Å². The van der Waals surface area contributed by atoms with E-state index in [2.05, 4.69) is 11.8 Å². The number of sulfone groups is 1. The van der Waals surface area contributed by atoms with Gasteiger partial charge in [-0.05, 0) is 38.8 Å². The first-order chi connectivity index (χ1) is 7.44. The van der Waals surface area contributed by atoms with Crippen LogP contribution in [0.3, 0.4) is 0 Å². The molecule has 1 rings (SSSR count). The zero-order valence-corrected chi connectivity index (χ0v) is 11.7. The summed E-state index contributed by atoms with van der Waals surface area (Å²) < 4.78 is 22.7. The van der Waals surface area contributed by atoms with Crippen molar-refractivity contribution in [3.05, 3.63) is 0 Å². The van der Waals surface area contributed by atoms with Crippen molar-refractivity contribution < 1.29 is 8.42 Å². The fourth-order valence-electron chi connectivity index (χ4n) is 2.06. The SMILES string of the molecule is CC(CCCl)CCN(C)C1CCS(=O)(=O)C1. The van der Waals surface area contributed by atoms with Gasteiger partial charge in [0.25, 0.3) is 0 Å². The number of alkyl halides is 1. The van der Waals surface area contributed by atoms with Gasteiger partial charge in [0, 0.05) is 11.9 Å². The molecule has 5 heteroatoms. The van der Waals surface area contributed by atoms with E-state index < -0.39 is 9.84 Å². The van der Waals surface area contributed by atoms with Crippen LogP contribution in [-0.4, -0.2) is 50.3 Å². The highest BCUT2D eigenvalue weighted by atomic mass is 35.5. The molecule has 1 aliphatic rings. The molecule has 3 nitrogen and oxygen atoms in total. The van der Waals surface area contributed by atoms with Gasteiger partial charge >= 0.3 is 0 Å². The molecule has 2 atom stereocenters. The summed E-state index contributed by atoms with van der Waals surface area (Å²) in [6.45, 7) is 3.17. The molecule has 1 fully saturated rings. The van der Waals surface area contributed by atoms with Gasteiger partial charge < -0.3 is 4.90 Å². The van der Waals surface area contributed by atoms with Crippen molar-refractivity contribution in [2.75, 3.05) is 31.0 Å². The van der Waals surface area contributed by atoms with Crippen LogP contribution in [0, 0.1) is 5.92 Å². The van der Waals surface area contributed by atoms with Crippen LogP contribution in [0.1, 0.15) is 26.2 Å². The second-order valence-corrected chi connectivity index (χ2v) is 7.52. The molecule has 1 aliphatic heterocycles. The summed E-state index contributed by atoms with van der Waals surface area (Å²) in [6.07, 6.45) is 2.93. The molecule has 0 amide bonds. The largest absolute Gasteiger partial charge is 0.302 e. The fraction of sp³-hybridized carbons (Fsp3) is 1.00. The molecule has 96 valence electrons. The second-order valence-electron chi connectivity index (χ2n) is 4.91. The quantitative estimate of drug-likeness (QED) is 0.689. The topological polar surface area (TPSA) is 37.4 Å². The van der Waals surface area contributed by atoms with E-state index in [0.717, 1.165) is 25.8 Å². The summed E-state index contributed by atoms with van der Waals surface area (Å²) in [6, 6.07) is 0.230. The summed E-state index contributed by atoms with van der Waals surface area (Å²) in [5.74, 6) is 2.04. The Bertz CT molecular complexity index is 305. The normalized spacial score (nSPS) is 26.1. The molecule has 2 unspecified atom stereocenters. The number of hydrogen-bond donors (Lipinski definition) is 0. The maximum atomic E-state index is 11.3. The van der Waals surface area contributed by atoms with Gasteiger partial charge in [0.05, 0.1) is 11.5 Å². The van der Waals surface area contributed by atoms with Crippen molar-refractivity contribution in [2.45, 2.75) is 32.2 Å². The molecule has 1 heterocycles. The van der Waals surface area contributed by atoms with Crippen molar-refractivity contribution in [1.82, 2.24) is 4.90 Å². The highest BCUT2D eigenvalue weighted by Crippen LogP contribution is 2.18. The van der Waals surface area contributed by atoms with Gasteiger partial charge in [0.2, 0.25) is 0 Å². The van der Waals surface area contributed by atoms with Crippen LogP contribution in [-0.2, 0) is 9.84 Å². The maximum Gasteiger partial charge on any atom is 0.151 e. The lowest BCUT2D eigenvalue weighted by Gasteiger charge is -2.24. The van der Waals surface area contributed by atoms with Crippen LogP contribution >= 0.6 is 11.6 Å². The highest BCUT2D eigenvalue weighted by Gasteiger charge is 2.30. The first-order valence-corrected chi connectivity index (χ1v) is 8.27. The lowest BCUT2D eigenvalue weighted by atomic mass is 10.0. The molecule has 0 aromatic carbocycles. The van der Waals surface area contributed by atoms with E-state index in [0.29, 0.717) is 23.3 Å². The Morgan fingerprint density at radius 2 is 2.12 bits per heavy atom. The average molecular weight is 268 g/mol. The van der Waals surface area contributed by atoms with E-state index in [1.807, 2.05) is 7.05 Å². The smallest absolute Gasteiger partial charge is 0.151 e. The lowest BCUT2D eigenvalue weighted by molar-refractivity contribution is 0.243. The average Bonchev–Trinajstić information content (AvgIpc) is 2.56. The number of halogens is 1. The minimum atomic E-state index is -2.75. The Morgan fingerprint density at radius 1 is 1.44 bits per heavy atom.